The van der Waals surface area contributed by atoms with Crippen molar-refractivity contribution in [3.8, 4) is 0 Å². The zero-order valence-electron chi connectivity index (χ0n) is 12.3. The molecule has 2 N–H and O–H groups in total. The van der Waals surface area contributed by atoms with Crippen molar-refractivity contribution >= 4 is 16.0 Å². The molecule has 1 aromatic carbocycles. The van der Waals surface area contributed by atoms with Crippen LogP contribution in [-0.2, 0) is 14.8 Å². The highest BCUT2D eigenvalue weighted by atomic mass is 32.2. The Bertz CT molecular complexity index is 628. The number of sulfonamides is 1. The molecule has 0 aliphatic rings. The smallest absolute Gasteiger partial charge is 0.341 e. The van der Waals surface area contributed by atoms with Gasteiger partial charge in [0.15, 0.2) is 0 Å². The molecule has 0 bridgehead atoms. The number of hydrogen-bond donors (Lipinski definition) is 1. The Hall–Kier alpha value is -1.47. The van der Waals surface area contributed by atoms with Gasteiger partial charge in [0.25, 0.3) is 0 Å². The number of rotatable bonds is 6. The van der Waals surface area contributed by atoms with Crippen LogP contribution in [-0.4, -0.2) is 21.0 Å². The molecule has 1 aromatic rings. The summed E-state index contributed by atoms with van der Waals surface area (Å²) in [6.45, 7) is 5.49. The molecule has 21 heavy (non-hydrogen) atoms. The van der Waals surface area contributed by atoms with E-state index in [-0.39, 0.29) is 23.0 Å². The van der Waals surface area contributed by atoms with Crippen molar-refractivity contribution in [3.63, 3.8) is 0 Å². The number of primary sulfonamides is 1. The van der Waals surface area contributed by atoms with Crippen LogP contribution in [0.3, 0.4) is 0 Å². The predicted octanol–water partition coefficient (Wildman–Crippen LogP) is 2.37. The maximum Gasteiger partial charge on any atom is 0.341 e. The second kappa shape index (κ2) is 7.00. The number of esters is 1. The number of ether oxygens (including phenoxy) is 1. The summed E-state index contributed by atoms with van der Waals surface area (Å²) < 4.78 is 41.6. The van der Waals surface area contributed by atoms with Crippen molar-refractivity contribution in [2.75, 3.05) is 6.61 Å². The molecule has 0 saturated heterocycles. The third kappa shape index (κ3) is 4.78. The first-order chi connectivity index (χ1) is 9.66. The molecule has 0 amide bonds. The fourth-order valence-electron chi connectivity index (χ4n) is 1.99. The second-order valence-corrected chi connectivity index (χ2v) is 6.66. The molecular weight excluding hydrogens is 297 g/mol. The first-order valence-electron chi connectivity index (χ1n) is 6.66. The monoisotopic (exact) mass is 317 g/mol. The summed E-state index contributed by atoms with van der Waals surface area (Å²) in [4.78, 5) is 11.6. The van der Waals surface area contributed by atoms with Gasteiger partial charge in [-0.15, -0.1) is 0 Å². The van der Waals surface area contributed by atoms with Crippen LogP contribution in [0.2, 0.25) is 0 Å². The average molecular weight is 317 g/mol. The molecule has 0 aromatic heterocycles. The summed E-state index contributed by atoms with van der Waals surface area (Å²) in [5.41, 5.74) is -0.278. The van der Waals surface area contributed by atoms with E-state index in [1.807, 2.05) is 13.8 Å². The Morgan fingerprint density at radius 2 is 2.05 bits per heavy atom. The molecule has 1 unspecified atom stereocenters. The standard InChI is InChI=1S/C14H20FNO4S/c1-4-5-9(2)8-20-14(17)11-7-13(21(16,18)19)10(3)6-12(11)15/h6-7,9H,4-5,8H2,1-3H3,(H2,16,18,19). The second-order valence-electron chi connectivity index (χ2n) is 5.13. The van der Waals surface area contributed by atoms with E-state index in [1.54, 1.807) is 0 Å². The molecule has 0 aliphatic carbocycles. The molecule has 0 spiro atoms. The maximum atomic E-state index is 13.8. The molecule has 1 rings (SSSR count). The molecule has 0 heterocycles. The van der Waals surface area contributed by atoms with Gasteiger partial charge < -0.3 is 4.74 Å². The Morgan fingerprint density at radius 1 is 1.43 bits per heavy atom. The van der Waals surface area contributed by atoms with E-state index in [0.717, 1.165) is 25.0 Å². The Kier molecular flexibility index (Phi) is 5.86. The Morgan fingerprint density at radius 3 is 2.57 bits per heavy atom. The van der Waals surface area contributed by atoms with E-state index >= 15 is 0 Å². The summed E-state index contributed by atoms with van der Waals surface area (Å²) in [7, 11) is -4.02. The van der Waals surface area contributed by atoms with E-state index in [2.05, 4.69) is 0 Å². The quantitative estimate of drug-likeness (QED) is 0.816. The lowest BCUT2D eigenvalue weighted by Crippen LogP contribution is -2.17. The molecule has 7 heteroatoms. The fraction of sp³-hybridized carbons (Fsp3) is 0.500. The summed E-state index contributed by atoms with van der Waals surface area (Å²) in [5.74, 6) is -1.56. The number of benzene rings is 1. The van der Waals surface area contributed by atoms with Crippen LogP contribution in [0.25, 0.3) is 0 Å². The highest BCUT2D eigenvalue weighted by Gasteiger charge is 2.21. The summed E-state index contributed by atoms with van der Waals surface area (Å²) in [6, 6.07) is 1.89. The normalized spacial score (nSPS) is 13.0. The highest BCUT2D eigenvalue weighted by molar-refractivity contribution is 7.89. The molecule has 5 nitrogen and oxygen atoms in total. The largest absolute Gasteiger partial charge is 0.462 e. The van der Waals surface area contributed by atoms with Crippen molar-refractivity contribution < 1.29 is 22.3 Å². The first kappa shape index (κ1) is 17.6. The zero-order chi connectivity index (χ0) is 16.2. The van der Waals surface area contributed by atoms with Crippen molar-refractivity contribution in [1.82, 2.24) is 0 Å². The van der Waals surface area contributed by atoms with Gasteiger partial charge in [-0.1, -0.05) is 20.3 Å². The number of hydrogen-bond acceptors (Lipinski definition) is 4. The number of carbonyl (C=O) groups is 1. The van der Waals surface area contributed by atoms with Gasteiger partial charge in [-0.05, 0) is 37.0 Å². The van der Waals surface area contributed by atoms with Crippen molar-refractivity contribution in [2.24, 2.45) is 11.1 Å². The average Bonchev–Trinajstić information content (AvgIpc) is 2.34. The van der Waals surface area contributed by atoms with E-state index in [9.17, 15) is 17.6 Å². The van der Waals surface area contributed by atoms with E-state index in [0.29, 0.717) is 0 Å². The molecule has 118 valence electrons. The molecule has 0 saturated carbocycles. The third-order valence-corrected chi connectivity index (χ3v) is 4.12. The summed E-state index contributed by atoms with van der Waals surface area (Å²) in [6.07, 6.45) is 1.83. The van der Waals surface area contributed by atoms with Crippen LogP contribution < -0.4 is 5.14 Å². The lowest BCUT2D eigenvalue weighted by Gasteiger charge is -2.12. The predicted molar refractivity (Wildman–Crippen MR) is 76.9 cm³/mol. The first-order valence-corrected chi connectivity index (χ1v) is 8.21. The minimum absolute atomic E-state index is 0.144. The molecule has 1 atom stereocenters. The molecule has 0 aliphatic heterocycles. The van der Waals surface area contributed by atoms with Gasteiger partial charge in [-0.25, -0.2) is 22.7 Å². The minimum atomic E-state index is -4.02. The van der Waals surface area contributed by atoms with E-state index in [1.165, 1.54) is 6.92 Å². The fourth-order valence-corrected chi connectivity index (χ4v) is 2.78. The topological polar surface area (TPSA) is 86.5 Å². The number of aryl methyl sites for hydroxylation is 1. The lowest BCUT2D eigenvalue weighted by atomic mass is 10.1. The van der Waals surface area contributed by atoms with E-state index in [4.69, 9.17) is 9.88 Å². The summed E-state index contributed by atoms with van der Waals surface area (Å²) in [5, 5.41) is 5.04. The van der Waals surface area contributed by atoms with Gasteiger partial charge in [0.2, 0.25) is 10.0 Å². The van der Waals surface area contributed by atoms with Gasteiger partial charge in [-0.2, -0.15) is 0 Å². The molecule has 0 fully saturated rings. The molecule has 0 radical (unpaired) electrons. The van der Waals surface area contributed by atoms with Crippen molar-refractivity contribution in [1.29, 1.82) is 0 Å². The van der Waals surface area contributed by atoms with Crippen molar-refractivity contribution in [2.45, 2.75) is 38.5 Å². The minimum Gasteiger partial charge on any atom is -0.462 e. The lowest BCUT2D eigenvalue weighted by molar-refractivity contribution is 0.0438. The van der Waals surface area contributed by atoms with Crippen LogP contribution in [0.1, 0.15) is 42.6 Å². The Labute approximate surface area is 124 Å². The zero-order valence-corrected chi connectivity index (χ0v) is 13.2. The van der Waals surface area contributed by atoms with Gasteiger partial charge in [0.05, 0.1) is 17.1 Å². The third-order valence-electron chi connectivity index (χ3n) is 3.07. The molecular formula is C14H20FNO4S. The number of nitrogens with two attached hydrogens (primary N) is 1. The maximum absolute atomic E-state index is 13.8. The van der Waals surface area contributed by atoms with E-state index < -0.39 is 27.4 Å². The van der Waals surface area contributed by atoms with Gasteiger partial charge in [-0.3, -0.25) is 0 Å². The SMILES string of the molecule is CCCC(C)COC(=O)c1cc(S(N)(=O)=O)c(C)cc1F. The van der Waals surface area contributed by atoms with Gasteiger partial charge in [0, 0.05) is 0 Å². The van der Waals surface area contributed by atoms with Crippen LogP contribution in [0, 0.1) is 18.7 Å². The number of halogens is 1. The number of carbonyl (C=O) groups excluding carboxylic acids is 1. The summed E-state index contributed by atoms with van der Waals surface area (Å²) >= 11 is 0. The van der Waals surface area contributed by atoms with Crippen LogP contribution >= 0.6 is 0 Å². The van der Waals surface area contributed by atoms with Crippen LogP contribution in [0.15, 0.2) is 17.0 Å². The van der Waals surface area contributed by atoms with Gasteiger partial charge in [0.1, 0.15) is 5.82 Å². The van der Waals surface area contributed by atoms with Crippen LogP contribution in [0.5, 0.6) is 0 Å². The van der Waals surface area contributed by atoms with Crippen LogP contribution in [0.4, 0.5) is 4.39 Å². The van der Waals surface area contributed by atoms with Crippen molar-refractivity contribution in [3.05, 3.63) is 29.1 Å². The van der Waals surface area contributed by atoms with Gasteiger partial charge >= 0.3 is 5.97 Å². The highest BCUT2D eigenvalue weighted by Crippen LogP contribution is 2.20. The Balaban J connectivity index is 3.00.